The molecule has 5 heteroatoms. The molecule has 0 aromatic heterocycles. The van der Waals surface area contributed by atoms with Gasteiger partial charge in [0, 0.05) is 5.92 Å². The summed E-state index contributed by atoms with van der Waals surface area (Å²) in [5, 5.41) is 36.2. The molecule has 0 aliphatic carbocycles. The molecule has 1 heterocycles. The number of hydrogen-bond acceptors (Lipinski definition) is 5. The van der Waals surface area contributed by atoms with E-state index >= 15 is 0 Å². The Morgan fingerprint density at radius 3 is 2.25 bits per heavy atom. The molecule has 1 fully saturated rings. The average molecular weight is 178 g/mol. The molecule has 1 aliphatic rings. The van der Waals surface area contributed by atoms with Crippen molar-refractivity contribution in [1.29, 1.82) is 0 Å². The first-order valence-corrected chi connectivity index (χ1v) is 3.88. The zero-order chi connectivity index (χ0) is 9.30. The molecule has 0 aromatic carbocycles. The monoisotopic (exact) mass is 178 g/mol. The molecule has 4 N–H and O–H groups in total. The molecule has 1 saturated heterocycles. The van der Waals surface area contributed by atoms with Gasteiger partial charge in [0.15, 0.2) is 6.29 Å². The summed E-state index contributed by atoms with van der Waals surface area (Å²) < 4.78 is 4.83. The predicted octanol–water partition coefficient (Wildman–Crippen LogP) is -1.95. The maximum atomic E-state index is 9.32. The van der Waals surface area contributed by atoms with E-state index in [2.05, 4.69) is 0 Å². The first-order valence-electron chi connectivity index (χ1n) is 3.88. The number of rotatable bonds is 1. The summed E-state index contributed by atoms with van der Waals surface area (Å²) in [6.07, 6.45) is -4.36. The van der Waals surface area contributed by atoms with Gasteiger partial charge in [-0.2, -0.15) is 0 Å². The van der Waals surface area contributed by atoms with Gasteiger partial charge in [-0.1, -0.05) is 6.92 Å². The van der Waals surface area contributed by atoms with Crippen molar-refractivity contribution in [3.05, 3.63) is 0 Å². The molecule has 5 atom stereocenters. The SMILES string of the molecule is C[C@@H]1C(CO)O[C@H](O)C(O)[C@H]1O. The molecule has 0 saturated carbocycles. The first-order chi connectivity index (χ1) is 5.57. The Morgan fingerprint density at radius 1 is 1.17 bits per heavy atom. The largest absolute Gasteiger partial charge is 0.394 e. The molecule has 2 unspecified atom stereocenters. The van der Waals surface area contributed by atoms with Crippen LogP contribution in [-0.2, 0) is 4.74 Å². The van der Waals surface area contributed by atoms with Gasteiger partial charge in [-0.05, 0) is 0 Å². The van der Waals surface area contributed by atoms with E-state index in [9.17, 15) is 5.11 Å². The van der Waals surface area contributed by atoms with Gasteiger partial charge in [-0.25, -0.2) is 0 Å². The molecule has 1 rings (SSSR count). The zero-order valence-electron chi connectivity index (χ0n) is 6.79. The number of aliphatic hydroxyl groups is 4. The van der Waals surface area contributed by atoms with Gasteiger partial charge in [0.1, 0.15) is 6.10 Å². The molecule has 0 aromatic rings. The third-order valence-electron chi connectivity index (χ3n) is 2.26. The van der Waals surface area contributed by atoms with Crippen molar-refractivity contribution in [2.45, 2.75) is 31.5 Å². The molecule has 1 aliphatic heterocycles. The van der Waals surface area contributed by atoms with Crippen LogP contribution in [0.5, 0.6) is 0 Å². The van der Waals surface area contributed by atoms with Crippen molar-refractivity contribution in [3.63, 3.8) is 0 Å². The standard InChI is InChI=1S/C7H14O5/c1-3-4(2-8)12-7(11)6(10)5(3)9/h3-11H,2H2,1H3/t3-,4?,5+,6?,7+/m1/s1. The van der Waals surface area contributed by atoms with Crippen LogP contribution >= 0.6 is 0 Å². The van der Waals surface area contributed by atoms with Gasteiger partial charge in [0.2, 0.25) is 0 Å². The summed E-state index contributed by atoms with van der Waals surface area (Å²) in [5.41, 5.74) is 0. The third-order valence-corrected chi connectivity index (χ3v) is 2.26. The Balaban J connectivity index is 2.63. The van der Waals surface area contributed by atoms with E-state index in [-0.39, 0.29) is 12.5 Å². The molecular weight excluding hydrogens is 164 g/mol. The lowest BCUT2D eigenvalue weighted by atomic mass is 9.91. The van der Waals surface area contributed by atoms with E-state index in [0.717, 1.165) is 0 Å². The van der Waals surface area contributed by atoms with Gasteiger partial charge < -0.3 is 25.2 Å². The van der Waals surface area contributed by atoms with Gasteiger partial charge in [-0.3, -0.25) is 0 Å². The number of ether oxygens (including phenoxy) is 1. The normalized spacial score (nSPS) is 49.2. The minimum absolute atomic E-state index is 0.276. The predicted molar refractivity (Wildman–Crippen MR) is 39.1 cm³/mol. The van der Waals surface area contributed by atoms with Crippen molar-refractivity contribution in [1.82, 2.24) is 0 Å². The van der Waals surface area contributed by atoms with Crippen molar-refractivity contribution >= 4 is 0 Å². The zero-order valence-corrected chi connectivity index (χ0v) is 6.79. The van der Waals surface area contributed by atoms with Gasteiger partial charge in [0.25, 0.3) is 0 Å². The Hall–Kier alpha value is -0.200. The van der Waals surface area contributed by atoms with E-state index in [1.807, 2.05) is 0 Å². The Morgan fingerprint density at radius 2 is 1.75 bits per heavy atom. The lowest BCUT2D eigenvalue weighted by Gasteiger charge is -2.38. The van der Waals surface area contributed by atoms with Crippen LogP contribution in [-0.4, -0.2) is 51.6 Å². The smallest absolute Gasteiger partial charge is 0.183 e. The molecule has 72 valence electrons. The lowest BCUT2D eigenvalue weighted by molar-refractivity contribution is -0.271. The summed E-state index contributed by atoms with van der Waals surface area (Å²) >= 11 is 0. The van der Waals surface area contributed by atoms with Crippen LogP contribution in [0.25, 0.3) is 0 Å². The second-order valence-corrected chi connectivity index (χ2v) is 3.09. The fourth-order valence-corrected chi connectivity index (χ4v) is 1.29. The van der Waals surface area contributed by atoms with Gasteiger partial charge >= 0.3 is 0 Å². The second kappa shape index (κ2) is 3.68. The molecule has 0 amide bonds. The molecule has 0 spiro atoms. The number of aliphatic hydroxyl groups excluding tert-OH is 4. The summed E-state index contributed by atoms with van der Waals surface area (Å²) in [5.74, 6) is -0.381. The van der Waals surface area contributed by atoms with Crippen LogP contribution in [0.2, 0.25) is 0 Å². The average Bonchev–Trinajstić information content (AvgIpc) is 2.08. The molecular formula is C7H14O5. The molecule has 0 bridgehead atoms. The van der Waals surface area contributed by atoms with Crippen LogP contribution in [0, 0.1) is 5.92 Å². The Labute approximate surface area is 70.2 Å². The fraction of sp³-hybridized carbons (Fsp3) is 1.00. The summed E-state index contributed by atoms with van der Waals surface area (Å²) in [7, 11) is 0. The van der Waals surface area contributed by atoms with Crippen molar-refractivity contribution < 1.29 is 25.2 Å². The Kier molecular flexibility index (Phi) is 3.03. The highest BCUT2D eigenvalue weighted by Crippen LogP contribution is 2.24. The minimum Gasteiger partial charge on any atom is -0.394 e. The summed E-state index contributed by atoms with van der Waals surface area (Å²) in [4.78, 5) is 0. The first kappa shape index (κ1) is 9.88. The van der Waals surface area contributed by atoms with Crippen molar-refractivity contribution in [2.24, 2.45) is 5.92 Å². The number of hydrogen-bond donors (Lipinski definition) is 4. The van der Waals surface area contributed by atoms with E-state index in [1.54, 1.807) is 6.92 Å². The third kappa shape index (κ3) is 1.60. The topological polar surface area (TPSA) is 90.2 Å². The summed E-state index contributed by atoms with van der Waals surface area (Å²) in [6, 6.07) is 0. The van der Waals surface area contributed by atoms with E-state index in [1.165, 1.54) is 0 Å². The molecule has 12 heavy (non-hydrogen) atoms. The fourth-order valence-electron chi connectivity index (χ4n) is 1.29. The molecule has 0 radical (unpaired) electrons. The van der Waals surface area contributed by atoms with E-state index < -0.39 is 24.6 Å². The van der Waals surface area contributed by atoms with Crippen molar-refractivity contribution in [2.75, 3.05) is 6.61 Å². The van der Waals surface area contributed by atoms with Crippen LogP contribution in [0.15, 0.2) is 0 Å². The minimum atomic E-state index is -1.41. The summed E-state index contributed by atoms with van der Waals surface area (Å²) in [6.45, 7) is 1.36. The van der Waals surface area contributed by atoms with E-state index in [4.69, 9.17) is 20.1 Å². The molecule has 5 nitrogen and oxygen atoms in total. The van der Waals surface area contributed by atoms with Gasteiger partial charge in [-0.15, -0.1) is 0 Å². The second-order valence-electron chi connectivity index (χ2n) is 3.09. The van der Waals surface area contributed by atoms with E-state index in [0.29, 0.717) is 0 Å². The maximum Gasteiger partial charge on any atom is 0.183 e. The highest BCUT2D eigenvalue weighted by Gasteiger charge is 2.40. The Bertz CT molecular complexity index is 146. The van der Waals surface area contributed by atoms with Crippen LogP contribution in [0.1, 0.15) is 6.92 Å². The van der Waals surface area contributed by atoms with Crippen LogP contribution < -0.4 is 0 Å². The van der Waals surface area contributed by atoms with Gasteiger partial charge in [0.05, 0.1) is 18.8 Å². The van der Waals surface area contributed by atoms with Crippen LogP contribution in [0.4, 0.5) is 0 Å². The lowest BCUT2D eigenvalue weighted by Crippen LogP contribution is -2.54. The highest BCUT2D eigenvalue weighted by atomic mass is 16.6. The van der Waals surface area contributed by atoms with Crippen LogP contribution in [0.3, 0.4) is 0 Å². The highest BCUT2D eigenvalue weighted by molar-refractivity contribution is 4.85. The van der Waals surface area contributed by atoms with Crippen molar-refractivity contribution in [3.8, 4) is 0 Å². The quantitative estimate of drug-likeness (QED) is 0.375. The maximum absolute atomic E-state index is 9.32.